The summed E-state index contributed by atoms with van der Waals surface area (Å²) in [4.78, 5) is 2.55. The molecule has 4 unspecified atom stereocenters. The molecule has 2 N–H and O–H groups in total. The maximum atomic E-state index is 9.94. The first-order chi connectivity index (χ1) is 7.33. The van der Waals surface area contributed by atoms with Gasteiger partial charge in [-0.15, -0.1) is 0 Å². The zero-order valence-electron chi connectivity index (χ0n) is 9.36. The molecule has 3 nitrogen and oxygen atoms in total. The maximum Gasteiger partial charge on any atom is 0.0695 e. The van der Waals surface area contributed by atoms with Gasteiger partial charge in [-0.3, -0.25) is 4.90 Å². The summed E-state index contributed by atoms with van der Waals surface area (Å²) in [7, 11) is 0. The number of likely N-dealkylation sites (tertiary alicyclic amines) is 1. The van der Waals surface area contributed by atoms with Crippen molar-refractivity contribution in [1.82, 2.24) is 10.2 Å². The second-order valence-corrected chi connectivity index (χ2v) is 5.49. The highest BCUT2D eigenvalue weighted by molar-refractivity contribution is 4.94. The highest BCUT2D eigenvalue weighted by atomic mass is 16.3. The molecule has 0 spiro atoms. The van der Waals surface area contributed by atoms with E-state index in [1.807, 2.05) is 0 Å². The largest absolute Gasteiger partial charge is 0.391 e. The number of hydrogen-bond acceptors (Lipinski definition) is 3. The molecule has 2 saturated heterocycles. The number of aliphatic hydroxyl groups excluding tert-OH is 1. The van der Waals surface area contributed by atoms with Gasteiger partial charge in [0.15, 0.2) is 0 Å². The quantitative estimate of drug-likeness (QED) is 0.669. The summed E-state index contributed by atoms with van der Waals surface area (Å²) in [6.45, 7) is 2.36. The normalized spacial score (nSPS) is 47.0. The van der Waals surface area contributed by atoms with Crippen LogP contribution in [0.15, 0.2) is 0 Å². The van der Waals surface area contributed by atoms with Crippen LogP contribution >= 0.6 is 0 Å². The zero-order valence-corrected chi connectivity index (χ0v) is 9.36. The Morgan fingerprint density at radius 1 is 1.00 bits per heavy atom. The number of hydrogen-bond donors (Lipinski definition) is 2. The summed E-state index contributed by atoms with van der Waals surface area (Å²) < 4.78 is 0. The Morgan fingerprint density at radius 3 is 2.67 bits per heavy atom. The summed E-state index contributed by atoms with van der Waals surface area (Å²) in [5.74, 6) is 0. The van der Waals surface area contributed by atoms with Crippen LogP contribution in [-0.4, -0.2) is 47.3 Å². The van der Waals surface area contributed by atoms with E-state index >= 15 is 0 Å². The maximum absolute atomic E-state index is 9.94. The molecule has 0 radical (unpaired) electrons. The molecule has 3 rings (SSSR count). The first kappa shape index (κ1) is 10.1. The van der Waals surface area contributed by atoms with Crippen molar-refractivity contribution in [3.63, 3.8) is 0 Å². The Hall–Kier alpha value is -0.120. The Labute approximate surface area is 91.8 Å². The molecule has 1 aliphatic carbocycles. The van der Waals surface area contributed by atoms with Crippen molar-refractivity contribution in [1.29, 1.82) is 0 Å². The number of nitrogens with zero attached hydrogens (tertiary/aromatic N) is 1. The van der Waals surface area contributed by atoms with Crippen molar-refractivity contribution < 1.29 is 5.11 Å². The first-order valence-corrected chi connectivity index (χ1v) is 6.51. The van der Waals surface area contributed by atoms with Gasteiger partial charge in [0.1, 0.15) is 0 Å². The Kier molecular flexibility index (Phi) is 2.71. The summed E-state index contributed by atoms with van der Waals surface area (Å²) in [5, 5.41) is 13.6. The second kappa shape index (κ2) is 4.04. The lowest BCUT2D eigenvalue weighted by Crippen LogP contribution is -2.45. The van der Waals surface area contributed by atoms with E-state index in [1.165, 1.54) is 38.6 Å². The predicted molar refractivity (Wildman–Crippen MR) is 59.8 cm³/mol. The van der Waals surface area contributed by atoms with Crippen LogP contribution in [0.1, 0.15) is 38.5 Å². The van der Waals surface area contributed by atoms with E-state index in [9.17, 15) is 5.11 Å². The fourth-order valence-electron chi connectivity index (χ4n) is 3.62. The number of fused-ring (bicyclic) bond motifs is 2. The number of rotatable bonds is 1. The van der Waals surface area contributed by atoms with Crippen molar-refractivity contribution in [2.24, 2.45) is 0 Å². The van der Waals surface area contributed by atoms with Gasteiger partial charge in [0.05, 0.1) is 6.10 Å². The summed E-state index contributed by atoms with van der Waals surface area (Å²) in [6, 6.07) is 1.93. The van der Waals surface area contributed by atoms with E-state index in [0.29, 0.717) is 12.1 Å². The molecular formula is C12H22N2O. The Morgan fingerprint density at radius 2 is 1.87 bits per heavy atom. The lowest BCUT2D eigenvalue weighted by atomic mass is 10.1. The summed E-state index contributed by atoms with van der Waals surface area (Å²) in [6.07, 6.45) is 7.36. The van der Waals surface area contributed by atoms with Crippen molar-refractivity contribution >= 4 is 0 Å². The highest BCUT2D eigenvalue weighted by Gasteiger charge is 2.36. The van der Waals surface area contributed by atoms with Crippen molar-refractivity contribution in [2.75, 3.05) is 13.1 Å². The van der Waals surface area contributed by atoms with Crippen LogP contribution in [0.4, 0.5) is 0 Å². The lowest BCUT2D eigenvalue weighted by molar-refractivity contribution is 0.0678. The van der Waals surface area contributed by atoms with E-state index in [0.717, 1.165) is 19.0 Å². The molecule has 4 atom stereocenters. The standard InChI is InChI=1S/C12H22N2O/c15-12-3-1-2-11(12)14-7-6-9-4-5-10(8-14)13-9/h9-13,15H,1-8H2. The molecule has 1 saturated carbocycles. The van der Waals surface area contributed by atoms with Gasteiger partial charge in [0.25, 0.3) is 0 Å². The average Bonchev–Trinajstić information content (AvgIpc) is 2.74. The number of aliphatic hydroxyl groups is 1. The third kappa shape index (κ3) is 1.93. The van der Waals surface area contributed by atoms with Crippen LogP contribution in [0, 0.1) is 0 Å². The molecule has 2 aliphatic heterocycles. The molecule has 86 valence electrons. The minimum absolute atomic E-state index is 0.0540. The van der Waals surface area contributed by atoms with E-state index in [-0.39, 0.29) is 6.10 Å². The van der Waals surface area contributed by atoms with E-state index < -0.39 is 0 Å². The van der Waals surface area contributed by atoms with Gasteiger partial charge < -0.3 is 10.4 Å². The molecule has 2 bridgehead atoms. The molecule has 2 heterocycles. The Bertz CT molecular complexity index is 234. The van der Waals surface area contributed by atoms with E-state index in [4.69, 9.17) is 0 Å². The van der Waals surface area contributed by atoms with Crippen molar-refractivity contribution in [3.8, 4) is 0 Å². The second-order valence-electron chi connectivity index (χ2n) is 5.49. The zero-order chi connectivity index (χ0) is 10.3. The fourth-order valence-corrected chi connectivity index (χ4v) is 3.62. The minimum Gasteiger partial charge on any atom is -0.391 e. The molecule has 0 aromatic carbocycles. The monoisotopic (exact) mass is 210 g/mol. The van der Waals surface area contributed by atoms with Gasteiger partial charge in [0.2, 0.25) is 0 Å². The first-order valence-electron chi connectivity index (χ1n) is 6.51. The van der Waals surface area contributed by atoms with Gasteiger partial charge in [-0.05, 0) is 38.5 Å². The smallest absolute Gasteiger partial charge is 0.0695 e. The molecule has 3 aliphatic rings. The van der Waals surface area contributed by atoms with Crippen LogP contribution in [0.5, 0.6) is 0 Å². The van der Waals surface area contributed by atoms with Crippen LogP contribution in [0.2, 0.25) is 0 Å². The molecule has 0 amide bonds. The van der Waals surface area contributed by atoms with Gasteiger partial charge >= 0.3 is 0 Å². The third-order valence-corrected chi connectivity index (χ3v) is 4.47. The van der Waals surface area contributed by atoms with Crippen LogP contribution < -0.4 is 5.32 Å². The van der Waals surface area contributed by atoms with Gasteiger partial charge in [-0.2, -0.15) is 0 Å². The summed E-state index contributed by atoms with van der Waals surface area (Å²) >= 11 is 0. The molecule has 15 heavy (non-hydrogen) atoms. The van der Waals surface area contributed by atoms with E-state index in [2.05, 4.69) is 10.2 Å². The predicted octanol–water partition coefficient (Wildman–Crippen LogP) is 0.726. The number of nitrogens with one attached hydrogen (secondary N) is 1. The van der Waals surface area contributed by atoms with Gasteiger partial charge in [-0.25, -0.2) is 0 Å². The van der Waals surface area contributed by atoms with Gasteiger partial charge in [-0.1, -0.05) is 0 Å². The fraction of sp³-hybridized carbons (Fsp3) is 1.00. The molecule has 0 aromatic rings. The topological polar surface area (TPSA) is 35.5 Å². The molecule has 0 aromatic heterocycles. The summed E-state index contributed by atoms with van der Waals surface area (Å²) in [5.41, 5.74) is 0. The molecule has 3 fully saturated rings. The van der Waals surface area contributed by atoms with Crippen molar-refractivity contribution in [2.45, 2.75) is 62.8 Å². The highest BCUT2D eigenvalue weighted by Crippen LogP contribution is 2.28. The SMILES string of the molecule is OC1CCCC1N1CCC2CCC(C1)N2. The lowest BCUT2D eigenvalue weighted by Gasteiger charge is -2.32. The Balaban J connectivity index is 1.66. The van der Waals surface area contributed by atoms with Gasteiger partial charge in [0, 0.05) is 31.2 Å². The van der Waals surface area contributed by atoms with Crippen LogP contribution in [0.3, 0.4) is 0 Å². The van der Waals surface area contributed by atoms with E-state index in [1.54, 1.807) is 0 Å². The van der Waals surface area contributed by atoms with Crippen LogP contribution in [-0.2, 0) is 0 Å². The van der Waals surface area contributed by atoms with Crippen LogP contribution in [0.25, 0.3) is 0 Å². The third-order valence-electron chi connectivity index (χ3n) is 4.47. The average molecular weight is 210 g/mol. The van der Waals surface area contributed by atoms with Crippen molar-refractivity contribution in [3.05, 3.63) is 0 Å². The minimum atomic E-state index is -0.0540. The molecular weight excluding hydrogens is 188 g/mol. The molecule has 3 heteroatoms.